The summed E-state index contributed by atoms with van der Waals surface area (Å²) in [5.74, 6) is -1.63. The molecule has 0 spiro atoms. The number of carbonyl (C=O) groups is 2. The first-order valence-corrected chi connectivity index (χ1v) is 9.51. The van der Waals surface area contributed by atoms with Crippen LogP contribution in [0.5, 0.6) is 0 Å². The van der Waals surface area contributed by atoms with Gasteiger partial charge in [-0.2, -0.15) is 0 Å². The number of amides is 2. The van der Waals surface area contributed by atoms with Gasteiger partial charge in [-0.25, -0.2) is 12.7 Å². The maximum absolute atomic E-state index is 12.3. The van der Waals surface area contributed by atoms with E-state index in [1.54, 1.807) is 31.2 Å². The Morgan fingerprint density at radius 3 is 2.36 bits per heavy atom. The van der Waals surface area contributed by atoms with Gasteiger partial charge in [0.25, 0.3) is 5.91 Å². The number of carbonyl (C=O) groups excluding carboxylic acids is 2. The molecule has 0 saturated carbocycles. The Bertz CT molecular complexity index is 941. The third kappa shape index (κ3) is 3.38. The van der Waals surface area contributed by atoms with Crippen molar-refractivity contribution >= 4 is 44.8 Å². The van der Waals surface area contributed by atoms with Crippen molar-refractivity contribution in [1.82, 2.24) is 0 Å². The zero-order valence-electron chi connectivity index (χ0n) is 13.3. The monoisotopic (exact) mass is 378 g/mol. The average Bonchev–Trinajstić information content (AvgIpc) is 2.77. The molecule has 6 nitrogen and oxygen atoms in total. The Morgan fingerprint density at radius 2 is 1.80 bits per heavy atom. The van der Waals surface area contributed by atoms with Gasteiger partial charge < -0.3 is 5.32 Å². The van der Waals surface area contributed by atoms with Crippen LogP contribution in [0.2, 0.25) is 5.02 Å². The summed E-state index contributed by atoms with van der Waals surface area (Å²) < 4.78 is 25.0. The summed E-state index contributed by atoms with van der Waals surface area (Å²) in [4.78, 5) is 24.3. The average molecular weight is 379 g/mol. The molecule has 130 valence electrons. The summed E-state index contributed by atoms with van der Waals surface area (Å²) in [6.07, 6.45) is 0. The molecule has 1 aliphatic heterocycles. The number of anilines is 2. The van der Waals surface area contributed by atoms with E-state index in [0.29, 0.717) is 16.3 Å². The van der Waals surface area contributed by atoms with Crippen molar-refractivity contribution in [3.63, 3.8) is 0 Å². The van der Waals surface area contributed by atoms with Gasteiger partial charge in [0, 0.05) is 5.56 Å². The first-order chi connectivity index (χ1) is 11.8. The van der Waals surface area contributed by atoms with E-state index < -0.39 is 21.8 Å². The van der Waals surface area contributed by atoms with Crippen LogP contribution in [0.15, 0.2) is 48.5 Å². The molecule has 0 aromatic heterocycles. The summed E-state index contributed by atoms with van der Waals surface area (Å²) in [6, 6.07) is 12.6. The number of hydrogen-bond donors (Lipinski definition) is 1. The highest BCUT2D eigenvalue weighted by molar-refractivity contribution is 7.94. The molecule has 1 fully saturated rings. The smallest absolute Gasteiger partial charge is 0.255 e. The van der Waals surface area contributed by atoms with Gasteiger partial charge >= 0.3 is 0 Å². The Balaban J connectivity index is 1.82. The van der Waals surface area contributed by atoms with Crippen molar-refractivity contribution in [2.24, 2.45) is 5.92 Å². The number of hydrogen-bond acceptors (Lipinski definition) is 4. The Morgan fingerprint density at radius 1 is 1.16 bits per heavy atom. The normalized spacial score (nSPS) is 19.0. The van der Waals surface area contributed by atoms with Crippen molar-refractivity contribution < 1.29 is 18.0 Å². The fourth-order valence-corrected chi connectivity index (χ4v) is 4.60. The lowest BCUT2D eigenvalue weighted by molar-refractivity contribution is -0.119. The minimum atomic E-state index is -3.66. The van der Waals surface area contributed by atoms with Gasteiger partial charge in [0.15, 0.2) is 0 Å². The lowest BCUT2D eigenvalue weighted by Crippen LogP contribution is -2.30. The van der Waals surface area contributed by atoms with E-state index >= 15 is 0 Å². The van der Waals surface area contributed by atoms with Gasteiger partial charge in [-0.1, -0.05) is 30.7 Å². The molecule has 25 heavy (non-hydrogen) atoms. The molecule has 2 aromatic rings. The molecule has 1 atom stereocenters. The van der Waals surface area contributed by atoms with E-state index in [2.05, 4.69) is 5.32 Å². The SMILES string of the molecule is C[C@H]1CS(=O)(=O)N(c2ccc(C(=O)Nc3ccccc3Cl)cc2)C1=O. The van der Waals surface area contributed by atoms with Gasteiger partial charge in [0.05, 0.1) is 28.1 Å². The molecule has 0 bridgehead atoms. The predicted molar refractivity (Wildman–Crippen MR) is 96.3 cm³/mol. The van der Waals surface area contributed by atoms with Crippen LogP contribution in [-0.2, 0) is 14.8 Å². The highest BCUT2D eigenvalue weighted by atomic mass is 35.5. The van der Waals surface area contributed by atoms with Gasteiger partial charge in [0.1, 0.15) is 0 Å². The molecule has 2 aromatic carbocycles. The first-order valence-electron chi connectivity index (χ1n) is 7.52. The number of nitrogens with zero attached hydrogens (tertiary/aromatic N) is 1. The first kappa shape index (κ1) is 17.4. The summed E-state index contributed by atoms with van der Waals surface area (Å²) in [5.41, 5.74) is 1.02. The molecule has 1 aliphatic rings. The predicted octanol–water partition coefficient (Wildman–Crippen LogP) is 2.90. The van der Waals surface area contributed by atoms with E-state index in [4.69, 9.17) is 11.6 Å². The van der Waals surface area contributed by atoms with Crippen LogP contribution in [0.25, 0.3) is 0 Å². The van der Waals surface area contributed by atoms with E-state index in [1.165, 1.54) is 24.3 Å². The van der Waals surface area contributed by atoms with E-state index in [9.17, 15) is 18.0 Å². The van der Waals surface area contributed by atoms with E-state index in [1.807, 2.05) is 0 Å². The number of sulfonamides is 1. The number of para-hydroxylation sites is 1. The van der Waals surface area contributed by atoms with E-state index in [0.717, 1.165) is 4.31 Å². The molecule has 3 rings (SSSR count). The summed E-state index contributed by atoms with van der Waals surface area (Å²) in [5, 5.41) is 3.09. The second-order valence-electron chi connectivity index (χ2n) is 5.76. The molecule has 0 unspecified atom stereocenters. The fraction of sp³-hybridized carbons (Fsp3) is 0.176. The second-order valence-corrected chi connectivity index (χ2v) is 8.03. The highest BCUT2D eigenvalue weighted by Gasteiger charge is 2.41. The quantitative estimate of drug-likeness (QED) is 0.890. The van der Waals surface area contributed by atoms with Crippen molar-refractivity contribution in [2.75, 3.05) is 15.4 Å². The molecule has 8 heteroatoms. The van der Waals surface area contributed by atoms with Crippen LogP contribution in [0.3, 0.4) is 0 Å². The Hall–Kier alpha value is -2.38. The van der Waals surface area contributed by atoms with Crippen molar-refractivity contribution in [1.29, 1.82) is 0 Å². The molecule has 1 saturated heterocycles. The molecule has 0 aliphatic carbocycles. The molecule has 1 N–H and O–H groups in total. The summed E-state index contributed by atoms with van der Waals surface area (Å²) in [7, 11) is -3.66. The summed E-state index contributed by atoms with van der Waals surface area (Å²) >= 11 is 6.00. The van der Waals surface area contributed by atoms with Gasteiger partial charge in [-0.3, -0.25) is 9.59 Å². The molecular formula is C17H15ClN2O4S. The van der Waals surface area contributed by atoms with Crippen molar-refractivity contribution in [3.8, 4) is 0 Å². The number of halogens is 1. The molecule has 1 heterocycles. The minimum absolute atomic E-state index is 0.208. The van der Waals surface area contributed by atoms with Crippen LogP contribution >= 0.6 is 11.6 Å². The van der Waals surface area contributed by atoms with Crippen LogP contribution in [0.1, 0.15) is 17.3 Å². The number of benzene rings is 2. The maximum atomic E-state index is 12.3. The third-order valence-electron chi connectivity index (χ3n) is 3.85. The zero-order valence-corrected chi connectivity index (χ0v) is 14.8. The Labute approximate surface area is 150 Å². The van der Waals surface area contributed by atoms with Gasteiger partial charge in [-0.05, 0) is 36.4 Å². The molecular weight excluding hydrogens is 364 g/mol. The molecule has 2 amide bonds. The Kier molecular flexibility index (Phi) is 4.53. The van der Waals surface area contributed by atoms with Crippen LogP contribution in [0, 0.1) is 5.92 Å². The standard InChI is InChI=1S/C17H15ClN2O4S/c1-11-10-25(23,24)20(17(11)22)13-8-6-12(7-9-13)16(21)19-15-5-3-2-4-14(15)18/h2-9,11H,10H2,1H3,(H,19,21)/t11-/m0/s1. The lowest BCUT2D eigenvalue weighted by Gasteiger charge is -2.15. The van der Waals surface area contributed by atoms with Crippen LogP contribution in [0.4, 0.5) is 11.4 Å². The van der Waals surface area contributed by atoms with Crippen molar-refractivity contribution in [2.45, 2.75) is 6.92 Å². The number of rotatable bonds is 3. The highest BCUT2D eigenvalue weighted by Crippen LogP contribution is 2.28. The summed E-state index contributed by atoms with van der Waals surface area (Å²) in [6.45, 7) is 1.57. The zero-order chi connectivity index (χ0) is 18.2. The largest absolute Gasteiger partial charge is 0.321 e. The van der Waals surface area contributed by atoms with Gasteiger partial charge in [0.2, 0.25) is 15.9 Å². The second kappa shape index (κ2) is 6.50. The van der Waals surface area contributed by atoms with Crippen LogP contribution in [-0.4, -0.2) is 26.0 Å². The van der Waals surface area contributed by atoms with Crippen LogP contribution < -0.4 is 9.62 Å². The number of nitrogens with one attached hydrogen (secondary N) is 1. The topological polar surface area (TPSA) is 83.6 Å². The maximum Gasteiger partial charge on any atom is 0.255 e. The van der Waals surface area contributed by atoms with Gasteiger partial charge in [-0.15, -0.1) is 0 Å². The fourth-order valence-electron chi connectivity index (χ4n) is 2.59. The van der Waals surface area contributed by atoms with E-state index in [-0.39, 0.29) is 17.3 Å². The lowest BCUT2D eigenvalue weighted by atomic mass is 10.1. The third-order valence-corrected chi connectivity index (χ3v) is 6.04. The molecule has 0 radical (unpaired) electrons. The minimum Gasteiger partial charge on any atom is -0.321 e. The van der Waals surface area contributed by atoms with Crippen molar-refractivity contribution in [3.05, 3.63) is 59.1 Å².